The Bertz CT molecular complexity index is 955. The summed E-state index contributed by atoms with van der Waals surface area (Å²) in [7, 11) is 1.40. The van der Waals surface area contributed by atoms with Crippen LogP contribution in [0.25, 0.3) is 11.2 Å². The Balaban J connectivity index is 2.33. The first-order valence-corrected chi connectivity index (χ1v) is 8.21. The number of alkyl halides is 1. The van der Waals surface area contributed by atoms with Crippen LogP contribution in [0.4, 0.5) is 10.3 Å². The first kappa shape index (κ1) is 17.2. The Kier molecular flexibility index (Phi) is 4.90. The van der Waals surface area contributed by atoms with Gasteiger partial charge >= 0.3 is 5.69 Å². The average molecular weight is 348 g/mol. The Hall–Kier alpha value is -2.60. The summed E-state index contributed by atoms with van der Waals surface area (Å²) in [4.78, 5) is 31.7. The van der Waals surface area contributed by atoms with E-state index in [4.69, 9.17) is 0 Å². The largest absolute Gasteiger partial charge is 0.340 e. The van der Waals surface area contributed by atoms with Gasteiger partial charge in [-0.05, 0) is 6.92 Å². The summed E-state index contributed by atoms with van der Waals surface area (Å²) in [6.45, 7) is 4.23. The molecule has 0 aromatic carbocycles. The first-order valence-electron chi connectivity index (χ1n) is 8.21. The number of aryl methyl sites for hydroxylation is 1. The summed E-state index contributed by atoms with van der Waals surface area (Å²) >= 11 is 0. The molecule has 0 spiro atoms. The third kappa shape index (κ3) is 2.93. The van der Waals surface area contributed by atoms with Crippen molar-refractivity contribution in [1.29, 1.82) is 0 Å². The van der Waals surface area contributed by atoms with Crippen molar-refractivity contribution in [2.24, 2.45) is 7.05 Å². The molecule has 0 saturated carbocycles. The van der Waals surface area contributed by atoms with E-state index in [2.05, 4.69) is 27.0 Å². The van der Waals surface area contributed by atoms with Crippen molar-refractivity contribution >= 4 is 17.1 Å². The molecule has 25 heavy (non-hydrogen) atoms. The molecule has 1 N–H and O–H groups in total. The number of hydrogen-bond donors (Lipinski definition) is 1. The number of imidazole rings is 1. The number of piperazine rings is 1. The zero-order chi connectivity index (χ0) is 18.0. The van der Waals surface area contributed by atoms with Crippen LogP contribution in [0.2, 0.25) is 0 Å². The number of nitrogens with one attached hydrogen (secondary N) is 1. The van der Waals surface area contributed by atoms with Gasteiger partial charge in [-0.15, -0.1) is 5.92 Å². The van der Waals surface area contributed by atoms with Crippen molar-refractivity contribution < 1.29 is 4.39 Å². The molecule has 0 bridgehead atoms. The zero-order valence-electron chi connectivity index (χ0n) is 14.4. The summed E-state index contributed by atoms with van der Waals surface area (Å²) in [5.74, 6) is 6.37. The Morgan fingerprint density at radius 2 is 1.96 bits per heavy atom. The van der Waals surface area contributed by atoms with Crippen LogP contribution in [0.15, 0.2) is 9.59 Å². The summed E-state index contributed by atoms with van der Waals surface area (Å²) in [5, 5.41) is 3.26. The SMILES string of the molecule is CC#CCn1c(N2CCNCC2)nc2c1c(=O)n(C)c(=O)n2CCF. The van der Waals surface area contributed by atoms with Crippen molar-refractivity contribution in [2.75, 3.05) is 37.8 Å². The van der Waals surface area contributed by atoms with Gasteiger partial charge in [-0.25, -0.2) is 9.18 Å². The Morgan fingerprint density at radius 3 is 2.60 bits per heavy atom. The van der Waals surface area contributed by atoms with E-state index < -0.39 is 17.9 Å². The first-order chi connectivity index (χ1) is 12.1. The summed E-state index contributed by atoms with van der Waals surface area (Å²) < 4.78 is 16.9. The second-order valence-electron chi connectivity index (χ2n) is 5.82. The lowest BCUT2D eigenvalue weighted by molar-refractivity contribution is 0.437. The monoisotopic (exact) mass is 348 g/mol. The number of halogens is 1. The third-order valence-corrected chi connectivity index (χ3v) is 4.33. The van der Waals surface area contributed by atoms with Gasteiger partial charge in [0, 0.05) is 33.2 Å². The van der Waals surface area contributed by atoms with Gasteiger partial charge in [0.1, 0.15) is 6.67 Å². The molecule has 1 fully saturated rings. The maximum Gasteiger partial charge on any atom is 0.332 e. The molecule has 134 valence electrons. The van der Waals surface area contributed by atoms with Gasteiger partial charge in [-0.3, -0.25) is 18.5 Å². The van der Waals surface area contributed by atoms with Gasteiger partial charge in [0.05, 0.1) is 13.1 Å². The van der Waals surface area contributed by atoms with Crippen LogP contribution < -0.4 is 21.5 Å². The minimum Gasteiger partial charge on any atom is -0.340 e. The van der Waals surface area contributed by atoms with E-state index in [1.807, 2.05) is 0 Å². The fourth-order valence-electron chi connectivity index (χ4n) is 3.05. The predicted octanol–water partition coefficient (Wildman–Crippen LogP) is -0.701. The highest BCUT2D eigenvalue weighted by molar-refractivity contribution is 5.75. The molecular weight excluding hydrogens is 327 g/mol. The van der Waals surface area contributed by atoms with Crippen LogP contribution in [0.3, 0.4) is 0 Å². The quantitative estimate of drug-likeness (QED) is 0.740. The van der Waals surface area contributed by atoms with Gasteiger partial charge in [0.15, 0.2) is 11.2 Å². The molecular formula is C16H21FN6O2. The number of anilines is 1. The highest BCUT2D eigenvalue weighted by Gasteiger charge is 2.24. The number of fused-ring (bicyclic) bond motifs is 1. The van der Waals surface area contributed by atoms with Crippen molar-refractivity contribution in [1.82, 2.24) is 24.0 Å². The van der Waals surface area contributed by atoms with E-state index in [-0.39, 0.29) is 24.3 Å². The fraction of sp³-hybridized carbons (Fsp3) is 0.562. The van der Waals surface area contributed by atoms with Crippen LogP contribution in [0.5, 0.6) is 0 Å². The number of hydrogen-bond acceptors (Lipinski definition) is 5. The van der Waals surface area contributed by atoms with Gasteiger partial charge in [0.25, 0.3) is 5.56 Å². The average Bonchev–Trinajstić information content (AvgIpc) is 3.01. The van der Waals surface area contributed by atoms with Gasteiger partial charge in [0.2, 0.25) is 5.95 Å². The van der Waals surface area contributed by atoms with Crippen molar-refractivity contribution in [3.05, 3.63) is 20.8 Å². The van der Waals surface area contributed by atoms with E-state index >= 15 is 0 Å². The van der Waals surface area contributed by atoms with E-state index in [9.17, 15) is 14.0 Å². The lowest BCUT2D eigenvalue weighted by atomic mass is 10.4. The molecule has 2 aromatic heterocycles. The van der Waals surface area contributed by atoms with Gasteiger partial charge in [-0.2, -0.15) is 4.98 Å². The molecule has 1 aliphatic heterocycles. The predicted molar refractivity (Wildman–Crippen MR) is 93.7 cm³/mol. The minimum atomic E-state index is -0.711. The van der Waals surface area contributed by atoms with Crippen LogP contribution >= 0.6 is 0 Å². The molecule has 0 radical (unpaired) electrons. The molecule has 0 amide bonds. The van der Waals surface area contributed by atoms with Crippen LogP contribution in [0, 0.1) is 11.8 Å². The molecule has 1 aliphatic rings. The molecule has 1 saturated heterocycles. The maximum atomic E-state index is 13.0. The molecule has 0 aliphatic carbocycles. The van der Waals surface area contributed by atoms with Crippen LogP contribution in [0.1, 0.15) is 6.92 Å². The van der Waals surface area contributed by atoms with Crippen molar-refractivity contribution in [3.8, 4) is 11.8 Å². The van der Waals surface area contributed by atoms with Crippen molar-refractivity contribution in [2.45, 2.75) is 20.0 Å². The summed E-state index contributed by atoms with van der Waals surface area (Å²) in [6.07, 6.45) is 0. The Labute approximate surface area is 143 Å². The highest BCUT2D eigenvalue weighted by Crippen LogP contribution is 2.20. The third-order valence-electron chi connectivity index (χ3n) is 4.33. The zero-order valence-corrected chi connectivity index (χ0v) is 14.4. The van der Waals surface area contributed by atoms with E-state index in [1.54, 1.807) is 11.5 Å². The molecule has 9 heteroatoms. The summed E-state index contributed by atoms with van der Waals surface area (Å²) in [6, 6.07) is 0. The van der Waals surface area contributed by atoms with E-state index in [0.29, 0.717) is 5.95 Å². The van der Waals surface area contributed by atoms with Gasteiger partial charge in [-0.1, -0.05) is 5.92 Å². The van der Waals surface area contributed by atoms with E-state index in [1.165, 1.54) is 11.6 Å². The molecule has 2 aromatic rings. The number of aromatic nitrogens is 4. The van der Waals surface area contributed by atoms with Gasteiger partial charge < -0.3 is 10.2 Å². The summed E-state index contributed by atoms with van der Waals surface area (Å²) in [5.41, 5.74) is -0.501. The van der Waals surface area contributed by atoms with Crippen LogP contribution in [-0.4, -0.2) is 51.5 Å². The lowest BCUT2D eigenvalue weighted by Crippen LogP contribution is -2.44. The smallest absolute Gasteiger partial charge is 0.332 e. The maximum absolute atomic E-state index is 13.0. The molecule has 3 rings (SSSR count). The van der Waals surface area contributed by atoms with Crippen molar-refractivity contribution in [3.63, 3.8) is 0 Å². The molecule has 3 heterocycles. The number of nitrogens with zero attached hydrogens (tertiary/aromatic N) is 5. The fourth-order valence-corrected chi connectivity index (χ4v) is 3.05. The molecule has 0 unspecified atom stereocenters. The Morgan fingerprint density at radius 1 is 1.24 bits per heavy atom. The van der Waals surface area contributed by atoms with Crippen LogP contribution in [-0.2, 0) is 20.1 Å². The highest BCUT2D eigenvalue weighted by atomic mass is 19.1. The second kappa shape index (κ2) is 7.11. The molecule has 8 nitrogen and oxygen atoms in total. The minimum absolute atomic E-state index is 0.138. The normalized spacial score (nSPS) is 14.6. The second-order valence-corrected chi connectivity index (χ2v) is 5.82. The topological polar surface area (TPSA) is 77.1 Å². The van der Waals surface area contributed by atoms with E-state index in [0.717, 1.165) is 30.7 Å². The standard InChI is InChI=1S/C16H21FN6O2/c1-3-4-8-22-12-13(19-15(22)21-10-6-18-7-11-21)23(9-5-17)16(25)20(2)14(12)24/h18H,5-11H2,1-2H3. The molecule has 0 atom stereocenters. The lowest BCUT2D eigenvalue weighted by Gasteiger charge is -2.28. The number of rotatable bonds is 4.